The molecule has 158 valence electrons. The highest BCUT2D eigenvalue weighted by atomic mass is 16.2. The summed E-state index contributed by atoms with van der Waals surface area (Å²) < 4.78 is 0. The molecule has 2 aliphatic rings. The van der Waals surface area contributed by atoms with E-state index in [-0.39, 0.29) is 17.9 Å². The second-order valence-corrected chi connectivity index (χ2v) is 8.74. The molecule has 0 aliphatic carbocycles. The Morgan fingerprint density at radius 3 is 2.42 bits per heavy atom. The van der Waals surface area contributed by atoms with E-state index < -0.39 is 0 Å². The Morgan fingerprint density at radius 2 is 1.68 bits per heavy atom. The normalized spacial score (nSPS) is 18.8. The van der Waals surface area contributed by atoms with Gasteiger partial charge < -0.3 is 9.80 Å². The van der Waals surface area contributed by atoms with Gasteiger partial charge in [0.1, 0.15) is 0 Å². The molecule has 0 spiro atoms. The predicted molar refractivity (Wildman–Crippen MR) is 124 cm³/mol. The van der Waals surface area contributed by atoms with Crippen molar-refractivity contribution in [3.05, 3.63) is 71.8 Å². The lowest BCUT2D eigenvalue weighted by atomic mass is 9.94. The number of hydrogen-bond acceptors (Lipinski definition) is 4. The van der Waals surface area contributed by atoms with E-state index in [0.717, 1.165) is 55.1 Å². The first-order valence-electron chi connectivity index (χ1n) is 11.2. The number of rotatable bonds is 3. The fraction of sp³-hybridized carbons (Fsp3) is 0.346. The Balaban J connectivity index is 1.25. The van der Waals surface area contributed by atoms with Gasteiger partial charge in [-0.3, -0.25) is 4.79 Å². The maximum atomic E-state index is 13.3. The van der Waals surface area contributed by atoms with E-state index in [9.17, 15) is 4.79 Å². The van der Waals surface area contributed by atoms with Crippen LogP contribution in [0.15, 0.2) is 60.7 Å². The molecule has 5 rings (SSSR count). The minimum Gasteiger partial charge on any atom is -0.355 e. The number of carbonyl (C=O) groups excluding carboxylic acids is 1. The predicted octanol–water partition coefficient (Wildman–Crippen LogP) is 4.65. The van der Waals surface area contributed by atoms with Crippen molar-refractivity contribution >= 4 is 17.4 Å². The quantitative estimate of drug-likeness (QED) is 0.629. The summed E-state index contributed by atoms with van der Waals surface area (Å²) >= 11 is 0. The second-order valence-electron chi connectivity index (χ2n) is 8.74. The first kappa shape index (κ1) is 19.7. The van der Waals surface area contributed by atoms with Crippen molar-refractivity contribution in [1.82, 2.24) is 10.2 Å². The molecule has 1 aromatic heterocycles. The molecule has 3 aromatic rings. The van der Waals surface area contributed by atoms with Gasteiger partial charge in [0.2, 0.25) is 5.91 Å². The highest BCUT2D eigenvalue weighted by molar-refractivity contribution is 5.97. The highest BCUT2D eigenvalue weighted by Gasteiger charge is 2.36. The average molecular weight is 413 g/mol. The lowest BCUT2D eigenvalue weighted by Gasteiger charge is -2.35. The lowest BCUT2D eigenvalue weighted by Crippen LogP contribution is -2.45. The molecule has 31 heavy (non-hydrogen) atoms. The first-order valence-corrected chi connectivity index (χ1v) is 11.2. The van der Waals surface area contributed by atoms with Crippen LogP contribution in [0.3, 0.4) is 0 Å². The molecule has 2 aliphatic heterocycles. The van der Waals surface area contributed by atoms with Gasteiger partial charge >= 0.3 is 0 Å². The summed E-state index contributed by atoms with van der Waals surface area (Å²) in [4.78, 5) is 17.6. The maximum Gasteiger partial charge on any atom is 0.230 e. The van der Waals surface area contributed by atoms with Crippen molar-refractivity contribution < 1.29 is 4.79 Å². The average Bonchev–Trinajstić information content (AvgIpc) is 3.15. The zero-order chi connectivity index (χ0) is 21.4. The topological polar surface area (TPSA) is 49.3 Å². The summed E-state index contributed by atoms with van der Waals surface area (Å²) in [6.45, 7) is 5.91. The Bertz CT molecular complexity index is 1090. The zero-order valence-electron chi connectivity index (χ0n) is 18.2. The van der Waals surface area contributed by atoms with E-state index in [4.69, 9.17) is 0 Å². The van der Waals surface area contributed by atoms with Gasteiger partial charge in [-0.2, -0.15) is 0 Å². The van der Waals surface area contributed by atoms with Gasteiger partial charge in [-0.1, -0.05) is 42.5 Å². The van der Waals surface area contributed by atoms with E-state index in [1.54, 1.807) is 0 Å². The number of amides is 1. The monoisotopic (exact) mass is 412 g/mol. The van der Waals surface area contributed by atoms with Crippen molar-refractivity contribution in [3.8, 4) is 11.3 Å². The Morgan fingerprint density at radius 1 is 0.935 bits per heavy atom. The van der Waals surface area contributed by atoms with Crippen LogP contribution in [-0.2, 0) is 11.2 Å². The molecule has 5 heteroatoms. The van der Waals surface area contributed by atoms with Gasteiger partial charge in [0.05, 0.1) is 5.69 Å². The van der Waals surface area contributed by atoms with Crippen molar-refractivity contribution in [3.63, 3.8) is 0 Å². The summed E-state index contributed by atoms with van der Waals surface area (Å²) in [5.41, 5.74) is 5.59. The summed E-state index contributed by atoms with van der Waals surface area (Å²) in [6, 6.07) is 20.9. The number of aromatic nitrogens is 2. The van der Waals surface area contributed by atoms with E-state index >= 15 is 0 Å². The van der Waals surface area contributed by atoms with E-state index in [2.05, 4.69) is 65.3 Å². The summed E-state index contributed by atoms with van der Waals surface area (Å²) in [5.74, 6) is 1.24. The maximum absolute atomic E-state index is 13.3. The molecule has 1 saturated heterocycles. The molecule has 1 fully saturated rings. The summed E-state index contributed by atoms with van der Waals surface area (Å²) in [5, 5.41) is 8.96. The van der Waals surface area contributed by atoms with Crippen molar-refractivity contribution in [1.29, 1.82) is 0 Å². The number of aryl methyl sites for hydroxylation is 1. The van der Waals surface area contributed by atoms with Crippen LogP contribution >= 0.6 is 0 Å². The van der Waals surface area contributed by atoms with Gasteiger partial charge in [0.25, 0.3) is 0 Å². The molecule has 1 atom stereocenters. The fourth-order valence-corrected chi connectivity index (χ4v) is 4.95. The van der Waals surface area contributed by atoms with Crippen LogP contribution in [0.2, 0.25) is 0 Å². The SMILES string of the molecule is Cc1ccccc1-c1ccc(N2CCC(C(=O)N3c4ccccc4C[C@H]3C)CC2)nn1. The molecule has 0 N–H and O–H groups in total. The molecule has 0 bridgehead atoms. The second kappa shape index (κ2) is 8.14. The van der Waals surface area contributed by atoms with Crippen molar-refractivity contribution in [2.75, 3.05) is 22.9 Å². The van der Waals surface area contributed by atoms with Gasteiger partial charge in [-0.25, -0.2) is 0 Å². The number of piperidine rings is 1. The number of carbonyl (C=O) groups is 1. The Labute approximate surface area is 183 Å². The molecule has 5 nitrogen and oxygen atoms in total. The van der Waals surface area contributed by atoms with E-state index in [1.807, 2.05) is 29.2 Å². The lowest BCUT2D eigenvalue weighted by molar-refractivity contribution is -0.123. The zero-order valence-corrected chi connectivity index (χ0v) is 18.2. The van der Waals surface area contributed by atoms with Crippen molar-refractivity contribution in [2.45, 2.75) is 39.2 Å². The van der Waals surface area contributed by atoms with Crippen LogP contribution in [0.4, 0.5) is 11.5 Å². The van der Waals surface area contributed by atoms with Crippen LogP contribution in [0.1, 0.15) is 30.9 Å². The van der Waals surface area contributed by atoms with Gasteiger partial charge in [-0.15, -0.1) is 10.2 Å². The highest BCUT2D eigenvalue weighted by Crippen LogP contribution is 2.35. The number of fused-ring (bicyclic) bond motifs is 1. The van der Waals surface area contributed by atoms with Gasteiger partial charge in [-0.05, 0) is 62.4 Å². The number of hydrogen-bond donors (Lipinski definition) is 0. The summed E-state index contributed by atoms with van der Waals surface area (Å²) in [7, 11) is 0. The number of benzene rings is 2. The number of nitrogens with zero attached hydrogens (tertiary/aromatic N) is 4. The third kappa shape index (κ3) is 3.69. The molecular formula is C26H28N4O. The van der Waals surface area contributed by atoms with Crippen LogP contribution < -0.4 is 9.80 Å². The van der Waals surface area contributed by atoms with E-state index in [0.29, 0.717) is 0 Å². The smallest absolute Gasteiger partial charge is 0.230 e. The molecular weight excluding hydrogens is 384 g/mol. The van der Waals surface area contributed by atoms with Crippen LogP contribution in [-0.4, -0.2) is 35.2 Å². The van der Waals surface area contributed by atoms with Crippen LogP contribution in [0.5, 0.6) is 0 Å². The number of para-hydroxylation sites is 1. The molecule has 2 aromatic carbocycles. The molecule has 3 heterocycles. The molecule has 1 amide bonds. The number of anilines is 2. The molecule has 0 saturated carbocycles. The molecule has 0 radical (unpaired) electrons. The third-order valence-corrected chi connectivity index (χ3v) is 6.68. The standard InChI is InChI=1S/C26H28N4O/c1-18-7-3-5-9-22(18)23-11-12-25(28-27-23)29-15-13-20(14-16-29)26(31)30-19(2)17-21-8-4-6-10-24(21)30/h3-12,19-20H,13-17H2,1-2H3/t19-/m1/s1. The molecule has 0 unspecified atom stereocenters. The van der Waals surface area contributed by atoms with E-state index in [1.165, 1.54) is 11.1 Å². The summed E-state index contributed by atoms with van der Waals surface area (Å²) in [6.07, 6.45) is 2.65. The van der Waals surface area contributed by atoms with Gasteiger partial charge in [0.15, 0.2) is 5.82 Å². The van der Waals surface area contributed by atoms with Crippen molar-refractivity contribution in [2.24, 2.45) is 5.92 Å². The third-order valence-electron chi connectivity index (χ3n) is 6.68. The fourth-order valence-electron chi connectivity index (χ4n) is 4.95. The minimum atomic E-state index is 0.0732. The first-order chi connectivity index (χ1) is 15.1. The largest absolute Gasteiger partial charge is 0.355 e. The Hall–Kier alpha value is -3.21. The van der Waals surface area contributed by atoms with Crippen LogP contribution in [0.25, 0.3) is 11.3 Å². The van der Waals surface area contributed by atoms with Crippen LogP contribution in [0, 0.1) is 12.8 Å². The van der Waals surface area contributed by atoms with Gasteiger partial charge in [0, 0.05) is 36.3 Å². The Kier molecular flexibility index (Phi) is 5.18. The minimum absolute atomic E-state index is 0.0732.